The number of hydrogen-bond acceptors (Lipinski definition) is 2. The maximum Gasteiger partial charge on any atom is 0.0767 e. The van der Waals surface area contributed by atoms with Crippen molar-refractivity contribution < 1.29 is 0 Å². The van der Waals surface area contributed by atoms with E-state index in [9.17, 15) is 0 Å². The van der Waals surface area contributed by atoms with Gasteiger partial charge < -0.3 is 5.32 Å². The Bertz CT molecular complexity index is 437. The number of aromatic nitrogens is 2. The molecule has 3 nitrogen and oxygen atoms in total. The molecule has 1 unspecified atom stereocenters. The second-order valence-corrected chi connectivity index (χ2v) is 7.15. The largest absolute Gasteiger partial charge is 0.308 e. The van der Waals surface area contributed by atoms with Crippen molar-refractivity contribution in [2.24, 2.45) is 5.41 Å². The van der Waals surface area contributed by atoms with Crippen molar-refractivity contribution in [2.75, 3.05) is 0 Å². The predicted octanol–water partition coefficient (Wildman–Crippen LogP) is 3.90. The molecule has 0 bridgehead atoms. The normalized spacial score (nSPS) is 22.1. The van der Waals surface area contributed by atoms with Crippen molar-refractivity contribution in [3.05, 3.63) is 15.9 Å². The van der Waals surface area contributed by atoms with Crippen molar-refractivity contribution in [1.82, 2.24) is 15.1 Å². The first kappa shape index (κ1) is 15.0. The Labute approximate surface area is 125 Å². The zero-order valence-corrected chi connectivity index (χ0v) is 14.2. The molecule has 19 heavy (non-hydrogen) atoms. The van der Waals surface area contributed by atoms with Crippen molar-refractivity contribution >= 4 is 15.9 Å². The third kappa shape index (κ3) is 3.40. The summed E-state index contributed by atoms with van der Waals surface area (Å²) in [7, 11) is 0. The third-order valence-electron chi connectivity index (χ3n) is 4.22. The van der Waals surface area contributed by atoms with Gasteiger partial charge in [0.1, 0.15) is 0 Å². The van der Waals surface area contributed by atoms with E-state index >= 15 is 0 Å². The van der Waals surface area contributed by atoms with Crippen LogP contribution in [0.2, 0.25) is 0 Å². The van der Waals surface area contributed by atoms with Gasteiger partial charge in [0.05, 0.1) is 15.9 Å². The van der Waals surface area contributed by atoms with Gasteiger partial charge in [0.15, 0.2) is 0 Å². The maximum absolute atomic E-state index is 4.65. The van der Waals surface area contributed by atoms with Crippen LogP contribution in [-0.4, -0.2) is 15.8 Å². The van der Waals surface area contributed by atoms with Gasteiger partial charge in [-0.15, -0.1) is 0 Å². The molecule has 1 aliphatic rings. The summed E-state index contributed by atoms with van der Waals surface area (Å²) in [5, 5.41) is 8.37. The molecule has 0 aliphatic heterocycles. The second-order valence-electron chi connectivity index (χ2n) is 6.36. The van der Waals surface area contributed by atoms with Crippen molar-refractivity contribution in [3.8, 4) is 0 Å². The number of hydrogen-bond donors (Lipinski definition) is 1. The molecule has 1 N–H and O–H groups in total. The molecule has 0 aromatic carbocycles. The summed E-state index contributed by atoms with van der Waals surface area (Å²) >= 11 is 3.71. The highest BCUT2D eigenvalue weighted by Crippen LogP contribution is 2.37. The number of nitrogens with one attached hydrogen (secondary N) is 1. The van der Waals surface area contributed by atoms with Crippen LogP contribution in [0.15, 0.2) is 4.47 Å². The average Bonchev–Trinajstić information content (AvgIpc) is 2.87. The Hall–Kier alpha value is -0.350. The van der Waals surface area contributed by atoms with E-state index in [-0.39, 0.29) is 0 Å². The van der Waals surface area contributed by atoms with Crippen LogP contribution in [0.1, 0.15) is 58.3 Å². The molecule has 1 saturated carbocycles. The first-order valence-electron chi connectivity index (χ1n) is 7.44. The highest BCUT2D eigenvalue weighted by Gasteiger charge is 2.30. The number of nitrogens with zero attached hydrogens (tertiary/aromatic N) is 2. The first-order valence-corrected chi connectivity index (χ1v) is 8.23. The zero-order chi connectivity index (χ0) is 14.0. The SMILES string of the molecule is CCc1nn(CC)c(CNC2CCC(C)(C)C2)c1Br. The Balaban J connectivity index is 2.01. The minimum atomic E-state index is 0.508. The van der Waals surface area contributed by atoms with E-state index in [4.69, 9.17) is 0 Å². The molecule has 1 aromatic heterocycles. The van der Waals surface area contributed by atoms with Gasteiger partial charge >= 0.3 is 0 Å². The molecule has 1 atom stereocenters. The maximum atomic E-state index is 4.65. The molecule has 108 valence electrons. The second kappa shape index (κ2) is 5.96. The van der Waals surface area contributed by atoms with Crippen molar-refractivity contribution in [2.45, 2.75) is 72.5 Å². The number of aryl methyl sites for hydroxylation is 2. The van der Waals surface area contributed by atoms with Crippen molar-refractivity contribution in [3.63, 3.8) is 0 Å². The average molecular weight is 328 g/mol. The summed E-state index contributed by atoms with van der Waals surface area (Å²) < 4.78 is 3.32. The monoisotopic (exact) mass is 327 g/mol. The Morgan fingerprint density at radius 2 is 2.16 bits per heavy atom. The molecule has 0 amide bonds. The molecule has 0 radical (unpaired) electrons. The summed E-state index contributed by atoms with van der Waals surface area (Å²) in [6, 6.07) is 0.659. The smallest absolute Gasteiger partial charge is 0.0767 e. The highest BCUT2D eigenvalue weighted by atomic mass is 79.9. The lowest BCUT2D eigenvalue weighted by Crippen LogP contribution is -2.28. The Morgan fingerprint density at radius 3 is 2.68 bits per heavy atom. The molecule has 2 rings (SSSR count). The summed E-state index contributed by atoms with van der Waals surface area (Å²) in [6.07, 6.45) is 4.90. The summed E-state index contributed by atoms with van der Waals surface area (Å²) in [5.74, 6) is 0. The van der Waals surface area contributed by atoms with E-state index in [1.807, 2.05) is 0 Å². The van der Waals surface area contributed by atoms with Crippen LogP contribution in [-0.2, 0) is 19.5 Å². The Morgan fingerprint density at radius 1 is 1.42 bits per heavy atom. The van der Waals surface area contributed by atoms with Crippen LogP contribution in [0.4, 0.5) is 0 Å². The molecule has 4 heteroatoms. The fourth-order valence-electron chi connectivity index (χ4n) is 3.04. The number of halogens is 1. The van der Waals surface area contributed by atoms with E-state index in [0.29, 0.717) is 11.5 Å². The van der Waals surface area contributed by atoms with Crippen LogP contribution >= 0.6 is 15.9 Å². The first-order chi connectivity index (χ1) is 8.96. The van der Waals surface area contributed by atoms with Crippen LogP contribution < -0.4 is 5.32 Å². The highest BCUT2D eigenvalue weighted by molar-refractivity contribution is 9.10. The molecule has 0 saturated heterocycles. The molecule has 1 aromatic rings. The van der Waals surface area contributed by atoms with Gasteiger partial charge in [-0.2, -0.15) is 5.10 Å². The lowest BCUT2D eigenvalue weighted by atomic mass is 9.92. The lowest BCUT2D eigenvalue weighted by molar-refractivity contribution is 0.363. The van der Waals surface area contributed by atoms with Gasteiger partial charge in [0.25, 0.3) is 0 Å². The fraction of sp³-hybridized carbons (Fsp3) is 0.800. The summed E-state index contributed by atoms with van der Waals surface area (Å²) in [4.78, 5) is 0. The van der Waals surface area contributed by atoms with Crippen LogP contribution in [0.5, 0.6) is 0 Å². The van der Waals surface area contributed by atoms with Crippen molar-refractivity contribution in [1.29, 1.82) is 0 Å². The third-order valence-corrected chi connectivity index (χ3v) is 5.14. The molecule has 0 spiro atoms. The van der Waals surface area contributed by atoms with Gasteiger partial charge in [-0.3, -0.25) is 4.68 Å². The van der Waals surface area contributed by atoms with Crippen LogP contribution in [0.25, 0.3) is 0 Å². The van der Waals surface area contributed by atoms with E-state index < -0.39 is 0 Å². The van der Waals surface area contributed by atoms with E-state index in [1.165, 1.54) is 35.1 Å². The number of rotatable bonds is 5. The molecule has 1 fully saturated rings. The van der Waals surface area contributed by atoms with Gasteiger partial charge in [-0.1, -0.05) is 20.8 Å². The van der Waals surface area contributed by atoms with Gasteiger partial charge in [-0.25, -0.2) is 0 Å². The van der Waals surface area contributed by atoms with Gasteiger partial charge in [-0.05, 0) is 54.0 Å². The van der Waals surface area contributed by atoms with Crippen LogP contribution in [0.3, 0.4) is 0 Å². The fourth-order valence-corrected chi connectivity index (χ4v) is 3.74. The Kier molecular flexibility index (Phi) is 4.72. The standard InChI is InChI=1S/C15H26BrN3/c1-5-12-14(16)13(19(6-2)18-12)10-17-11-7-8-15(3,4)9-11/h11,17H,5-10H2,1-4H3. The van der Waals surface area contributed by atoms with Gasteiger partial charge in [0.2, 0.25) is 0 Å². The van der Waals surface area contributed by atoms with Gasteiger partial charge in [0, 0.05) is 19.1 Å². The van der Waals surface area contributed by atoms with E-state index in [1.54, 1.807) is 0 Å². The zero-order valence-electron chi connectivity index (χ0n) is 12.6. The van der Waals surface area contributed by atoms with E-state index in [0.717, 1.165) is 19.5 Å². The van der Waals surface area contributed by atoms with E-state index in [2.05, 4.69) is 58.7 Å². The molecular formula is C15H26BrN3. The molecular weight excluding hydrogens is 302 g/mol. The molecule has 1 aliphatic carbocycles. The predicted molar refractivity (Wildman–Crippen MR) is 83.2 cm³/mol. The lowest BCUT2D eigenvalue weighted by Gasteiger charge is -2.18. The minimum absolute atomic E-state index is 0.508. The topological polar surface area (TPSA) is 29.9 Å². The summed E-state index contributed by atoms with van der Waals surface area (Å²) in [5.41, 5.74) is 2.98. The molecule has 1 heterocycles. The quantitative estimate of drug-likeness (QED) is 0.888. The van der Waals surface area contributed by atoms with Crippen LogP contribution in [0, 0.1) is 5.41 Å². The minimum Gasteiger partial charge on any atom is -0.308 e. The summed E-state index contributed by atoms with van der Waals surface area (Å²) in [6.45, 7) is 10.9.